The highest BCUT2D eigenvalue weighted by Gasteiger charge is 2.42. The molecule has 0 atom stereocenters. The highest BCUT2D eigenvalue weighted by atomic mass is 32.2. The minimum atomic E-state index is -4.17. The zero-order chi connectivity index (χ0) is 26.2. The van der Waals surface area contributed by atoms with Gasteiger partial charge in [0.05, 0.1) is 17.1 Å². The van der Waals surface area contributed by atoms with E-state index in [-0.39, 0.29) is 16.4 Å². The number of hydrogen-bond acceptors (Lipinski definition) is 5. The van der Waals surface area contributed by atoms with Crippen LogP contribution in [0, 0.1) is 13.8 Å². The topological polar surface area (TPSA) is 74.8 Å². The second-order valence-electron chi connectivity index (χ2n) is 9.69. The average molecular weight is 515 g/mol. The van der Waals surface area contributed by atoms with Crippen molar-refractivity contribution in [3.05, 3.63) is 106 Å². The van der Waals surface area contributed by atoms with E-state index in [1.54, 1.807) is 54.6 Å². The number of benzene rings is 3. The second-order valence-corrected chi connectivity index (χ2v) is 11.5. The Morgan fingerprint density at radius 1 is 0.838 bits per heavy atom. The molecule has 7 heteroatoms. The van der Waals surface area contributed by atoms with Crippen molar-refractivity contribution in [2.75, 3.05) is 19.6 Å². The fraction of sp³-hybridized carbons (Fsp3) is 0.267. The number of piperidine rings is 1. The predicted octanol–water partition coefficient (Wildman–Crippen LogP) is 5.23. The average Bonchev–Trinajstić information content (AvgIpc) is 2.90. The zero-order valence-corrected chi connectivity index (χ0v) is 21.9. The normalized spacial score (nSPS) is 16.9. The molecule has 2 heterocycles. The molecule has 0 spiro atoms. The highest BCUT2D eigenvalue weighted by Crippen LogP contribution is 2.41. The molecule has 37 heavy (non-hydrogen) atoms. The fourth-order valence-electron chi connectivity index (χ4n) is 5.26. The lowest BCUT2D eigenvalue weighted by Gasteiger charge is -2.39. The number of sulfonamides is 1. The molecule has 0 amide bonds. The summed E-state index contributed by atoms with van der Waals surface area (Å²) in [7, 11) is -4.17. The van der Waals surface area contributed by atoms with Crippen molar-refractivity contribution in [2.24, 2.45) is 0 Å². The van der Waals surface area contributed by atoms with E-state index in [0.717, 1.165) is 34.7 Å². The molecule has 0 radical (unpaired) electrons. The zero-order valence-electron chi connectivity index (χ0n) is 21.1. The SMILES string of the molecule is Cc1ccc(C(=O)CN2C(C(=O)c3ccccc3)=C(N3CCCCC3)c3ccccc3S2(=O)=O)c(C)c1. The Labute approximate surface area is 218 Å². The van der Waals surface area contributed by atoms with E-state index < -0.39 is 22.4 Å². The van der Waals surface area contributed by atoms with Crippen molar-refractivity contribution in [1.82, 2.24) is 9.21 Å². The summed E-state index contributed by atoms with van der Waals surface area (Å²) in [4.78, 5) is 29.9. The van der Waals surface area contributed by atoms with Crippen molar-refractivity contribution in [1.29, 1.82) is 0 Å². The minimum Gasteiger partial charge on any atom is -0.369 e. The summed E-state index contributed by atoms with van der Waals surface area (Å²) in [6, 6.07) is 20.9. The lowest BCUT2D eigenvalue weighted by molar-refractivity contribution is 0.0956. The number of aryl methyl sites for hydroxylation is 2. The molecule has 0 saturated carbocycles. The van der Waals surface area contributed by atoms with E-state index in [1.807, 2.05) is 32.0 Å². The van der Waals surface area contributed by atoms with Crippen molar-refractivity contribution in [2.45, 2.75) is 38.0 Å². The van der Waals surface area contributed by atoms with Crippen LogP contribution in [0.3, 0.4) is 0 Å². The molecule has 1 saturated heterocycles. The number of rotatable bonds is 6. The summed E-state index contributed by atoms with van der Waals surface area (Å²) < 4.78 is 29.2. The number of nitrogens with zero attached hydrogens (tertiary/aromatic N) is 2. The fourth-order valence-corrected chi connectivity index (χ4v) is 6.89. The number of hydrogen-bond donors (Lipinski definition) is 0. The molecule has 190 valence electrons. The van der Waals surface area contributed by atoms with Gasteiger partial charge in [0.2, 0.25) is 5.78 Å². The maximum absolute atomic E-state index is 14.1. The Morgan fingerprint density at radius 3 is 2.22 bits per heavy atom. The Kier molecular flexibility index (Phi) is 6.73. The third-order valence-electron chi connectivity index (χ3n) is 7.08. The number of carbonyl (C=O) groups excluding carboxylic acids is 2. The minimum absolute atomic E-state index is 0.0462. The largest absolute Gasteiger partial charge is 0.369 e. The van der Waals surface area contributed by atoms with Gasteiger partial charge < -0.3 is 4.90 Å². The van der Waals surface area contributed by atoms with Gasteiger partial charge in [-0.3, -0.25) is 13.9 Å². The second kappa shape index (κ2) is 9.98. The van der Waals surface area contributed by atoms with E-state index in [0.29, 0.717) is 35.5 Å². The van der Waals surface area contributed by atoms with Crippen LogP contribution in [-0.4, -0.2) is 48.8 Å². The van der Waals surface area contributed by atoms with Crippen molar-refractivity contribution in [3.8, 4) is 0 Å². The van der Waals surface area contributed by atoms with Crippen LogP contribution in [0.2, 0.25) is 0 Å². The molecule has 0 unspecified atom stereocenters. The van der Waals surface area contributed by atoms with Gasteiger partial charge in [0, 0.05) is 29.8 Å². The molecule has 0 aliphatic carbocycles. The molecule has 5 rings (SSSR count). The Balaban J connectivity index is 1.73. The number of likely N-dealkylation sites (tertiary alicyclic amines) is 1. The van der Waals surface area contributed by atoms with Crippen LogP contribution in [0.25, 0.3) is 5.70 Å². The van der Waals surface area contributed by atoms with Gasteiger partial charge in [-0.05, 0) is 44.7 Å². The van der Waals surface area contributed by atoms with Crippen LogP contribution < -0.4 is 0 Å². The number of fused-ring (bicyclic) bond motifs is 1. The first-order valence-electron chi connectivity index (χ1n) is 12.6. The van der Waals surface area contributed by atoms with Crippen LogP contribution in [0.4, 0.5) is 0 Å². The lowest BCUT2D eigenvalue weighted by Crippen LogP contribution is -2.44. The van der Waals surface area contributed by atoms with Crippen molar-refractivity contribution < 1.29 is 18.0 Å². The van der Waals surface area contributed by atoms with Gasteiger partial charge in [-0.2, -0.15) is 0 Å². The molecule has 1 fully saturated rings. The quantitative estimate of drug-likeness (QED) is 0.421. The van der Waals surface area contributed by atoms with Crippen LogP contribution in [0.1, 0.15) is 56.7 Å². The van der Waals surface area contributed by atoms with Gasteiger partial charge in [0.15, 0.2) is 5.78 Å². The first kappa shape index (κ1) is 25.0. The maximum Gasteiger partial charge on any atom is 0.265 e. The molecular weight excluding hydrogens is 484 g/mol. The molecular formula is C30H30N2O4S. The van der Waals surface area contributed by atoms with Gasteiger partial charge >= 0.3 is 0 Å². The molecule has 0 aromatic heterocycles. The summed E-state index contributed by atoms with van der Waals surface area (Å²) >= 11 is 0. The lowest BCUT2D eigenvalue weighted by atomic mass is 9.98. The molecule has 3 aromatic carbocycles. The first-order valence-corrected chi connectivity index (χ1v) is 14.0. The van der Waals surface area contributed by atoms with Crippen LogP contribution in [0.15, 0.2) is 83.4 Å². The van der Waals surface area contributed by atoms with Gasteiger partial charge in [0.1, 0.15) is 5.70 Å². The Morgan fingerprint density at radius 2 is 1.51 bits per heavy atom. The van der Waals surface area contributed by atoms with Crippen molar-refractivity contribution in [3.63, 3.8) is 0 Å². The summed E-state index contributed by atoms with van der Waals surface area (Å²) in [6.45, 7) is 4.76. The number of carbonyl (C=O) groups is 2. The molecule has 3 aromatic rings. The number of Topliss-reactive ketones (excluding diaryl/α,β-unsaturated/α-hetero) is 2. The molecule has 6 nitrogen and oxygen atoms in total. The van der Waals surface area contributed by atoms with Gasteiger partial charge in [-0.1, -0.05) is 72.3 Å². The summed E-state index contributed by atoms with van der Waals surface area (Å²) in [5.41, 5.74) is 3.77. The highest BCUT2D eigenvalue weighted by molar-refractivity contribution is 7.89. The maximum atomic E-state index is 14.1. The summed E-state index contributed by atoms with van der Waals surface area (Å²) in [5, 5.41) is 0. The molecule has 2 aliphatic heterocycles. The molecule has 0 N–H and O–H groups in total. The van der Waals surface area contributed by atoms with E-state index >= 15 is 0 Å². The van der Waals surface area contributed by atoms with Crippen LogP contribution in [0.5, 0.6) is 0 Å². The molecule has 0 bridgehead atoms. The monoisotopic (exact) mass is 514 g/mol. The van der Waals surface area contributed by atoms with Crippen LogP contribution in [-0.2, 0) is 10.0 Å². The number of allylic oxidation sites excluding steroid dienone is 1. The van der Waals surface area contributed by atoms with Gasteiger partial charge in [0.25, 0.3) is 10.0 Å². The van der Waals surface area contributed by atoms with E-state index in [2.05, 4.69) is 4.90 Å². The smallest absolute Gasteiger partial charge is 0.265 e. The predicted molar refractivity (Wildman–Crippen MR) is 144 cm³/mol. The van der Waals surface area contributed by atoms with Crippen LogP contribution >= 0.6 is 0 Å². The first-order chi connectivity index (χ1) is 17.8. The summed E-state index contributed by atoms with van der Waals surface area (Å²) in [6.07, 6.45) is 2.99. The van der Waals surface area contributed by atoms with Gasteiger partial charge in [-0.15, -0.1) is 0 Å². The standard InChI is InChI=1S/C30H30N2O4S/c1-21-15-16-24(22(2)19-21)26(33)20-32-29(30(34)23-11-5-3-6-12-23)28(31-17-9-4-10-18-31)25-13-7-8-14-27(25)37(32,35)36/h3,5-8,11-16,19H,4,9-10,17-18,20H2,1-2H3. The molecule has 2 aliphatic rings. The Hall–Kier alpha value is -3.71. The number of ketones is 2. The van der Waals surface area contributed by atoms with E-state index in [4.69, 9.17) is 0 Å². The Bertz CT molecular complexity index is 1500. The third-order valence-corrected chi connectivity index (χ3v) is 8.88. The van der Waals surface area contributed by atoms with E-state index in [1.165, 1.54) is 0 Å². The van der Waals surface area contributed by atoms with E-state index in [9.17, 15) is 18.0 Å². The van der Waals surface area contributed by atoms with Crippen molar-refractivity contribution >= 4 is 27.3 Å². The summed E-state index contributed by atoms with van der Waals surface area (Å²) in [5.74, 6) is -0.760. The van der Waals surface area contributed by atoms with Gasteiger partial charge in [-0.25, -0.2) is 8.42 Å². The third kappa shape index (κ3) is 4.60.